The van der Waals surface area contributed by atoms with Gasteiger partial charge in [-0.25, -0.2) is 4.98 Å². The van der Waals surface area contributed by atoms with E-state index in [1.807, 2.05) is 12.1 Å². The summed E-state index contributed by atoms with van der Waals surface area (Å²) in [5.74, 6) is 0. The van der Waals surface area contributed by atoms with Crippen molar-refractivity contribution in [2.24, 2.45) is 0 Å². The lowest BCUT2D eigenvalue weighted by Gasteiger charge is -1.88. The summed E-state index contributed by atoms with van der Waals surface area (Å²) in [7, 11) is 0. The van der Waals surface area contributed by atoms with Crippen LogP contribution in [0.25, 0.3) is 11.0 Å². The number of hydrogen-bond acceptors (Lipinski definition) is 3. The maximum atomic E-state index is 3.95. The molecule has 0 N–H and O–H groups in total. The SMILES string of the molecule is [c]1cccc2nncnc12. The molecule has 10 heavy (non-hydrogen) atoms. The molecule has 1 heterocycles. The van der Waals surface area contributed by atoms with E-state index in [1.54, 1.807) is 6.07 Å². The molecular formula is C7H4N3. The topological polar surface area (TPSA) is 38.7 Å². The van der Waals surface area contributed by atoms with Crippen molar-refractivity contribution < 1.29 is 0 Å². The van der Waals surface area contributed by atoms with E-state index < -0.39 is 0 Å². The minimum Gasteiger partial charge on any atom is -0.232 e. The van der Waals surface area contributed by atoms with Crippen molar-refractivity contribution in [3.8, 4) is 0 Å². The van der Waals surface area contributed by atoms with Crippen LogP contribution in [0.1, 0.15) is 0 Å². The number of rotatable bonds is 0. The molecule has 2 aromatic rings. The molecule has 2 rings (SSSR count). The second-order valence-corrected chi connectivity index (χ2v) is 1.86. The van der Waals surface area contributed by atoms with Crippen LogP contribution in [0.15, 0.2) is 24.5 Å². The Hall–Kier alpha value is -1.51. The smallest absolute Gasteiger partial charge is 0.138 e. The van der Waals surface area contributed by atoms with Gasteiger partial charge in [-0.2, -0.15) is 0 Å². The zero-order chi connectivity index (χ0) is 6.81. The van der Waals surface area contributed by atoms with Crippen LogP contribution in [0.3, 0.4) is 0 Å². The quantitative estimate of drug-likeness (QED) is 0.530. The maximum Gasteiger partial charge on any atom is 0.138 e. The second kappa shape index (κ2) is 2.02. The lowest BCUT2D eigenvalue weighted by molar-refractivity contribution is 1.02. The summed E-state index contributed by atoms with van der Waals surface area (Å²) < 4.78 is 0. The van der Waals surface area contributed by atoms with Crippen molar-refractivity contribution in [2.45, 2.75) is 0 Å². The maximum absolute atomic E-state index is 3.95. The van der Waals surface area contributed by atoms with Gasteiger partial charge >= 0.3 is 0 Å². The molecule has 0 aliphatic rings. The highest BCUT2D eigenvalue weighted by Gasteiger charge is 1.90. The van der Waals surface area contributed by atoms with Crippen molar-refractivity contribution in [3.05, 3.63) is 30.6 Å². The van der Waals surface area contributed by atoms with Crippen LogP contribution in [0, 0.1) is 6.07 Å². The molecular weight excluding hydrogens is 126 g/mol. The Morgan fingerprint density at radius 1 is 1.40 bits per heavy atom. The minimum absolute atomic E-state index is 0.762. The Morgan fingerprint density at radius 2 is 2.40 bits per heavy atom. The third kappa shape index (κ3) is 0.719. The van der Waals surface area contributed by atoms with E-state index >= 15 is 0 Å². The molecule has 0 aliphatic carbocycles. The summed E-state index contributed by atoms with van der Waals surface area (Å²) in [6, 6.07) is 8.45. The van der Waals surface area contributed by atoms with Crippen LogP contribution < -0.4 is 0 Å². The summed E-state index contributed by atoms with van der Waals surface area (Å²) in [5.41, 5.74) is 1.54. The largest absolute Gasteiger partial charge is 0.232 e. The van der Waals surface area contributed by atoms with E-state index in [-0.39, 0.29) is 0 Å². The van der Waals surface area contributed by atoms with Crippen LogP contribution in [0.4, 0.5) is 0 Å². The zero-order valence-corrected chi connectivity index (χ0v) is 5.15. The molecule has 0 spiro atoms. The summed E-state index contributed by atoms with van der Waals surface area (Å²) in [6.07, 6.45) is 1.42. The van der Waals surface area contributed by atoms with Gasteiger partial charge in [0.15, 0.2) is 0 Å². The molecule has 1 radical (unpaired) electrons. The van der Waals surface area contributed by atoms with Gasteiger partial charge in [0.05, 0.1) is 0 Å². The van der Waals surface area contributed by atoms with Gasteiger partial charge in [0.2, 0.25) is 0 Å². The third-order valence-electron chi connectivity index (χ3n) is 1.22. The van der Waals surface area contributed by atoms with E-state index in [4.69, 9.17) is 0 Å². The molecule has 0 fully saturated rings. The van der Waals surface area contributed by atoms with Gasteiger partial charge < -0.3 is 0 Å². The number of benzene rings is 1. The minimum atomic E-state index is 0.762. The predicted octanol–water partition coefficient (Wildman–Crippen LogP) is 0.825. The van der Waals surface area contributed by atoms with Crippen molar-refractivity contribution >= 4 is 11.0 Å². The Balaban J connectivity index is 2.89. The summed E-state index contributed by atoms with van der Waals surface area (Å²) in [6.45, 7) is 0. The van der Waals surface area contributed by atoms with Crippen LogP contribution in [0.2, 0.25) is 0 Å². The molecule has 0 saturated heterocycles. The van der Waals surface area contributed by atoms with Crippen LogP contribution in [-0.4, -0.2) is 15.2 Å². The van der Waals surface area contributed by atoms with Crippen molar-refractivity contribution in [3.63, 3.8) is 0 Å². The van der Waals surface area contributed by atoms with Crippen LogP contribution >= 0.6 is 0 Å². The summed E-state index contributed by atoms with van der Waals surface area (Å²) >= 11 is 0. The molecule has 47 valence electrons. The van der Waals surface area contributed by atoms with Gasteiger partial charge in [-0.05, 0) is 6.07 Å². The average molecular weight is 130 g/mol. The van der Waals surface area contributed by atoms with Crippen molar-refractivity contribution in [2.75, 3.05) is 0 Å². The van der Waals surface area contributed by atoms with E-state index in [0.717, 1.165) is 11.0 Å². The highest BCUT2D eigenvalue weighted by molar-refractivity contribution is 5.71. The standard InChI is InChI=1S/C7H4N3/c1-2-4-7-6(3-1)8-5-9-10-7/h1-2,4-5H. The number of nitrogens with zero attached hydrogens (tertiary/aromatic N) is 3. The Morgan fingerprint density at radius 3 is 3.30 bits per heavy atom. The molecule has 3 heteroatoms. The fourth-order valence-electron chi connectivity index (χ4n) is 0.775. The van der Waals surface area contributed by atoms with Crippen molar-refractivity contribution in [1.82, 2.24) is 15.2 Å². The molecule has 3 nitrogen and oxygen atoms in total. The van der Waals surface area contributed by atoms with Gasteiger partial charge in [0, 0.05) is 6.07 Å². The lowest BCUT2D eigenvalue weighted by Crippen LogP contribution is -1.84. The summed E-state index contributed by atoms with van der Waals surface area (Å²) in [4.78, 5) is 3.95. The van der Waals surface area contributed by atoms with Crippen LogP contribution in [0.5, 0.6) is 0 Å². The molecule has 0 aliphatic heterocycles. The van der Waals surface area contributed by atoms with E-state index in [1.165, 1.54) is 6.33 Å². The highest BCUT2D eigenvalue weighted by Crippen LogP contribution is 2.02. The van der Waals surface area contributed by atoms with Gasteiger partial charge in [0.1, 0.15) is 17.4 Å². The molecule has 0 amide bonds. The molecule has 1 aromatic carbocycles. The fraction of sp³-hybridized carbons (Fsp3) is 0. The number of hydrogen-bond donors (Lipinski definition) is 0. The molecule has 0 bridgehead atoms. The Bertz CT molecular complexity index is 280. The van der Waals surface area contributed by atoms with Gasteiger partial charge in [-0.3, -0.25) is 0 Å². The van der Waals surface area contributed by atoms with Gasteiger partial charge in [0.25, 0.3) is 0 Å². The normalized spacial score (nSPS) is 10.0. The highest BCUT2D eigenvalue weighted by atomic mass is 15.1. The summed E-state index contributed by atoms with van der Waals surface area (Å²) in [5, 5.41) is 7.47. The average Bonchev–Trinajstić information content (AvgIpc) is 2.05. The first-order chi connectivity index (χ1) is 4.97. The Kier molecular flexibility index (Phi) is 1.07. The first-order valence-corrected chi connectivity index (χ1v) is 2.91. The number of fused-ring (bicyclic) bond motifs is 1. The van der Waals surface area contributed by atoms with E-state index in [0.29, 0.717) is 0 Å². The van der Waals surface area contributed by atoms with Crippen LogP contribution in [-0.2, 0) is 0 Å². The van der Waals surface area contributed by atoms with E-state index in [2.05, 4.69) is 21.2 Å². The van der Waals surface area contributed by atoms with Crippen molar-refractivity contribution in [1.29, 1.82) is 0 Å². The molecule has 1 aromatic heterocycles. The number of aromatic nitrogens is 3. The zero-order valence-electron chi connectivity index (χ0n) is 5.15. The predicted molar refractivity (Wildman–Crippen MR) is 36.2 cm³/mol. The third-order valence-corrected chi connectivity index (χ3v) is 1.22. The Labute approximate surface area is 57.7 Å². The van der Waals surface area contributed by atoms with E-state index in [9.17, 15) is 0 Å². The number of para-hydroxylation sites is 1. The first kappa shape index (κ1) is 5.29. The monoisotopic (exact) mass is 130 g/mol. The van der Waals surface area contributed by atoms with Gasteiger partial charge in [-0.15, -0.1) is 10.2 Å². The second-order valence-electron chi connectivity index (χ2n) is 1.86. The fourth-order valence-corrected chi connectivity index (χ4v) is 0.775. The molecule has 0 unspecified atom stereocenters. The molecule has 0 saturated carbocycles. The first-order valence-electron chi connectivity index (χ1n) is 2.91. The van der Waals surface area contributed by atoms with Gasteiger partial charge in [-0.1, -0.05) is 12.1 Å². The molecule has 0 atom stereocenters. The lowest BCUT2D eigenvalue weighted by atomic mass is 10.3.